The first-order chi connectivity index (χ1) is 17.6. The Bertz CT molecular complexity index is 1130. The molecule has 2 saturated heterocycles. The topological polar surface area (TPSA) is 60.0 Å². The first kappa shape index (κ1) is 24.4. The number of methoxy groups -OCH3 is 1. The van der Waals surface area contributed by atoms with Crippen LogP contribution in [0.15, 0.2) is 60.7 Å². The quantitative estimate of drug-likeness (QED) is 0.447. The summed E-state index contributed by atoms with van der Waals surface area (Å²) in [6.45, 7) is 7.19. The van der Waals surface area contributed by atoms with Gasteiger partial charge in [-0.25, -0.2) is 0 Å². The molecule has 3 heterocycles. The fourth-order valence-electron chi connectivity index (χ4n) is 5.08. The summed E-state index contributed by atoms with van der Waals surface area (Å²) in [6.07, 6.45) is 3.40. The van der Waals surface area contributed by atoms with E-state index in [1.807, 2.05) is 30.3 Å². The Morgan fingerprint density at radius 2 is 1.75 bits per heavy atom. The van der Waals surface area contributed by atoms with Crippen LogP contribution >= 0.6 is 0 Å². The molecule has 1 aromatic heterocycles. The largest absolute Gasteiger partial charge is 0.497 e. The molecule has 2 fully saturated rings. The number of ether oxygens (including phenoxy) is 3. The minimum Gasteiger partial charge on any atom is -0.497 e. The number of hydrogen-bond donors (Lipinski definition) is 0. The summed E-state index contributed by atoms with van der Waals surface area (Å²) in [6, 6.07) is 21.2. The molecule has 5 rings (SSSR count). The molecule has 2 aliphatic rings. The maximum atomic E-state index is 6.24. The summed E-state index contributed by atoms with van der Waals surface area (Å²) in [7, 11) is 1.67. The van der Waals surface area contributed by atoms with Gasteiger partial charge in [0, 0.05) is 25.2 Å². The zero-order valence-corrected chi connectivity index (χ0v) is 21.5. The van der Waals surface area contributed by atoms with Crippen molar-refractivity contribution in [3.63, 3.8) is 0 Å². The molecule has 0 bridgehead atoms. The van der Waals surface area contributed by atoms with Gasteiger partial charge in [-0.3, -0.25) is 0 Å². The second-order valence-corrected chi connectivity index (χ2v) is 9.69. The normalized spacial score (nSPS) is 22.0. The highest BCUT2D eigenvalue weighted by Crippen LogP contribution is 2.31. The van der Waals surface area contributed by atoms with Gasteiger partial charge >= 0.3 is 0 Å². The SMILES string of the molecule is COc1ccc(COc2cc(N3CCOC(C)C3C)nc(N3CCCC3Cc3ccccc3)n2)cc1. The van der Waals surface area contributed by atoms with Gasteiger partial charge in [0.1, 0.15) is 18.2 Å². The number of rotatable bonds is 8. The summed E-state index contributed by atoms with van der Waals surface area (Å²) in [4.78, 5) is 14.7. The minimum absolute atomic E-state index is 0.137. The summed E-state index contributed by atoms with van der Waals surface area (Å²) in [5, 5.41) is 0. The Labute approximate surface area is 214 Å². The summed E-state index contributed by atoms with van der Waals surface area (Å²) in [5.41, 5.74) is 2.41. The average Bonchev–Trinajstić information content (AvgIpc) is 3.38. The van der Waals surface area contributed by atoms with Gasteiger partial charge in [-0.05, 0) is 56.4 Å². The second kappa shape index (κ2) is 11.2. The van der Waals surface area contributed by atoms with E-state index in [0.717, 1.165) is 55.4 Å². The van der Waals surface area contributed by atoms with Crippen LogP contribution in [0.4, 0.5) is 11.8 Å². The molecule has 2 aromatic carbocycles. The standard InChI is InChI=1S/C29H36N4O3/c1-21-22(2)35-17-16-32(21)27-19-28(36-20-24-11-13-26(34-3)14-12-24)31-29(30-27)33-15-7-10-25(33)18-23-8-5-4-6-9-23/h4-6,8-9,11-14,19,21-22,25H,7,10,15-18,20H2,1-3H3. The number of benzene rings is 2. The maximum absolute atomic E-state index is 6.24. The van der Waals surface area contributed by atoms with Gasteiger partial charge in [0.25, 0.3) is 0 Å². The van der Waals surface area contributed by atoms with E-state index in [1.54, 1.807) is 7.11 Å². The Kier molecular flexibility index (Phi) is 7.56. The first-order valence-corrected chi connectivity index (χ1v) is 12.9. The lowest BCUT2D eigenvalue weighted by Crippen LogP contribution is -2.49. The predicted molar refractivity (Wildman–Crippen MR) is 142 cm³/mol. The van der Waals surface area contributed by atoms with Crippen molar-refractivity contribution in [2.24, 2.45) is 0 Å². The van der Waals surface area contributed by atoms with Crippen LogP contribution in [0.25, 0.3) is 0 Å². The Hall–Kier alpha value is -3.32. The summed E-state index contributed by atoms with van der Waals surface area (Å²) >= 11 is 0. The van der Waals surface area contributed by atoms with Crippen molar-refractivity contribution in [2.75, 3.05) is 36.6 Å². The fraction of sp³-hybridized carbons (Fsp3) is 0.448. The molecule has 7 nitrogen and oxygen atoms in total. The summed E-state index contributed by atoms with van der Waals surface area (Å²) < 4.78 is 17.4. The molecule has 7 heteroatoms. The highest BCUT2D eigenvalue weighted by molar-refractivity contribution is 5.50. The highest BCUT2D eigenvalue weighted by atomic mass is 16.5. The van der Waals surface area contributed by atoms with Crippen molar-refractivity contribution in [1.82, 2.24) is 9.97 Å². The second-order valence-electron chi connectivity index (χ2n) is 9.69. The molecular weight excluding hydrogens is 452 g/mol. The molecule has 3 atom stereocenters. The molecular formula is C29H36N4O3. The Morgan fingerprint density at radius 3 is 2.53 bits per heavy atom. The van der Waals surface area contributed by atoms with Crippen LogP contribution < -0.4 is 19.3 Å². The zero-order valence-electron chi connectivity index (χ0n) is 21.5. The lowest BCUT2D eigenvalue weighted by molar-refractivity contribution is 0.0281. The molecule has 190 valence electrons. The number of anilines is 2. The molecule has 36 heavy (non-hydrogen) atoms. The smallest absolute Gasteiger partial charge is 0.230 e. The minimum atomic E-state index is 0.137. The molecule has 3 aromatic rings. The molecule has 0 radical (unpaired) electrons. The number of morpholine rings is 1. The predicted octanol–water partition coefficient (Wildman–Crippen LogP) is 4.89. The third kappa shape index (κ3) is 5.57. The van der Waals surface area contributed by atoms with E-state index in [0.29, 0.717) is 25.1 Å². The average molecular weight is 489 g/mol. The van der Waals surface area contributed by atoms with E-state index in [9.17, 15) is 0 Å². The third-order valence-electron chi connectivity index (χ3n) is 7.35. The molecule has 0 N–H and O–H groups in total. The van der Waals surface area contributed by atoms with Crippen molar-refractivity contribution in [1.29, 1.82) is 0 Å². The van der Waals surface area contributed by atoms with E-state index in [4.69, 9.17) is 24.2 Å². The van der Waals surface area contributed by atoms with E-state index in [2.05, 4.69) is 54.0 Å². The molecule has 0 amide bonds. The van der Waals surface area contributed by atoms with Gasteiger partial charge in [-0.1, -0.05) is 42.5 Å². The number of hydrogen-bond acceptors (Lipinski definition) is 7. The number of nitrogens with zero attached hydrogens (tertiary/aromatic N) is 4. The van der Waals surface area contributed by atoms with Crippen LogP contribution in [0.3, 0.4) is 0 Å². The van der Waals surface area contributed by atoms with Gasteiger partial charge < -0.3 is 24.0 Å². The van der Waals surface area contributed by atoms with Crippen molar-refractivity contribution in [3.05, 3.63) is 71.8 Å². The van der Waals surface area contributed by atoms with E-state index < -0.39 is 0 Å². The molecule has 0 spiro atoms. The van der Waals surface area contributed by atoms with Gasteiger partial charge in [0.05, 0.1) is 25.9 Å². The zero-order chi connectivity index (χ0) is 24.9. The Morgan fingerprint density at radius 1 is 0.944 bits per heavy atom. The fourth-order valence-corrected chi connectivity index (χ4v) is 5.08. The van der Waals surface area contributed by atoms with Crippen molar-refractivity contribution >= 4 is 11.8 Å². The van der Waals surface area contributed by atoms with Crippen molar-refractivity contribution in [3.8, 4) is 11.6 Å². The monoisotopic (exact) mass is 488 g/mol. The molecule has 0 saturated carbocycles. The van der Waals surface area contributed by atoms with Crippen LogP contribution in [0, 0.1) is 0 Å². The van der Waals surface area contributed by atoms with Gasteiger partial charge in [-0.15, -0.1) is 0 Å². The lowest BCUT2D eigenvalue weighted by Gasteiger charge is -2.39. The van der Waals surface area contributed by atoms with Crippen molar-refractivity contribution < 1.29 is 14.2 Å². The van der Waals surface area contributed by atoms with Crippen LogP contribution in [0.2, 0.25) is 0 Å². The molecule has 3 unspecified atom stereocenters. The molecule has 2 aliphatic heterocycles. The maximum Gasteiger partial charge on any atom is 0.230 e. The summed E-state index contributed by atoms with van der Waals surface area (Å²) in [5.74, 6) is 3.08. The van der Waals surface area contributed by atoms with Crippen molar-refractivity contribution in [2.45, 2.75) is 57.9 Å². The van der Waals surface area contributed by atoms with E-state index in [-0.39, 0.29) is 12.1 Å². The number of aromatic nitrogens is 2. The lowest BCUT2D eigenvalue weighted by atomic mass is 10.0. The first-order valence-electron chi connectivity index (χ1n) is 12.9. The van der Waals surface area contributed by atoms with Crippen LogP contribution in [-0.2, 0) is 17.8 Å². The van der Waals surface area contributed by atoms with Crippen LogP contribution in [-0.4, -0.2) is 55.0 Å². The Balaban J connectivity index is 1.42. The van der Waals surface area contributed by atoms with Crippen LogP contribution in [0.5, 0.6) is 11.6 Å². The van der Waals surface area contributed by atoms with Gasteiger partial charge in [0.2, 0.25) is 11.8 Å². The van der Waals surface area contributed by atoms with Gasteiger partial charge in [-0.2, -0.15) is 9.97 Å². The van der Waals surface area contributed by atoms with Gasteiger partial charge in [0.15, 0.2) is 0 Å². The van der Waals surface area contributed by atoms with E-state index in [1.165, 1.54) is 5.56 Å². The van der Waals surface area contributed by atoms with E-state index >= 15 is 0 Å². The third-order valence-corrected chi connectivity index (χ3v) is 7.35. The highest BCUT2D eigenvalue weighted by Gasteiger charge is 2.31. The van der Waals surface area contributed by atoms with Crippen LogP contribution in [0.1, 0.15) is 37.8 Å². The molecule has 0 aliphatic carbocycles.